The Bertz CT molecular complexity index is 601. The number of anilines is 2. The van der Waals surface area contributed by atoms with Crippen LogP contribution in [0.1, 0.15) is 10.4 Å². The molecule has 0 radical (unpaired) electrons. The predicted octanol–water partition coefficient (Wildman–Crippen LogP) is 2.45. The quantitative estimate of drug-likeness (QED) is 0.875. The zero-order chi connectivity index (χ0) is 13.8. The molecule has 1 amide bonds. The Morgan fingerprint density at radius 3 is 2.79 bits per heavy atom. The summed E-state index contributed by atoms with van der Waals surface area (Å²) in [7, 11) is 3.83. The van der Waals surface area contributed by atoms with Crippen LogP contribution in [0.5, 0.6) is 0 Å². The molecule has 6 heteroatoms. The minimum atomic E-state index is -0.272. The van der Waals surface area contributed by atoms with Gasteiger partial charge in [-0.25, -0.2) is 9.97 Å². The van der Waals surface area contributed by atoms with Crippen LogP contribution in [0.4, 0.5) is 11.6 Å². The third-order valence-electron chi connectivity index (χ3n) is 2.47. The molecule has 1 aromatic carbocycles. The van der Waals surface area contributed by atoms with Gasteiger partial charge in [-0.1, -0.05) is 17.7 Å². The van der Waals surface area contributed by atoms with Crippen LogP contribution in [0, 0.1) is 0 Å². The minimum Gasteiger partial charge on any atom is -0.378 e. The molecule has 19 heavy (non-hydrogen) atoms. The van der Waals surface area contributed by atoms with Gasteiger partial charge in [-0.2, -0.15) is 0 Å². The van der Waals surface area contributed by atoms with Gasteiger partial charge in [0, 0.05) is 31.5 Å². The van der Waals surface area contributed by atoms with Crippen molar-refractivity contribution in [2.24, 2.45) is 0 Å². The summed E-state index contributed by atoms with van der Waals surface area (Å²) in [5.41, 5.74) is 1.48. The van der Waals surface area contributed by atoms with Crippen LogP contribution < -0.4 is 10.2 Å². The monoisotopic (exact) mass is 276 g/mol. The fourth-order valence-corrected chi connectivity index (χ4v) is 1.63. The summed E-state index contributed by atoms with van der Waals surface area (Å²) in [5, 5.41) is 2.89. The zero-order valence-corrected chi connectivity index (χ0v) is 11.3. The molecule has 1 N–H and O–H groups in total. The number of hydrogen-bond acceptors (Lipinski definition) is 4. The summed E-state index contributed by atoms with van der Waals surface area (Å²) in [6.07, 6.45) is 1.49. The van der Waals surface area contributed by atoms with E-state index in [0.29, 0.717) is 5.56 Å². The number of nitrogens with zero attached hydrogens (tertiary/aromatic N) is 3. The van der Waals surface area contributed by atoms with Gasteiger partial charge in [-0.3, -0.25) is 10.1 Å². The molecule has 5 nitrogen and oxygen atoms in total. The van der Waals surface area contributed by atoms with Crippen LogP contribution in [-0.4, -0.2) is 30.0 Å². The summed E-state index contributed by atoms with van der Waals surface area (Å²) in [5.74, 6) is -0.0845. The van der Waals surface area contributed by atoms with Crippen LogP contribution in [0.2, 0.25) is 5.15 Å². The largest absolute Gasteiger partial charge is 0.378 e. The van der Waals surface area contributed by atoms with Gasteiger partial charge in [0.15, 0.2) is 0 Å². The highest BCUT2D eigenvalue weighted by molar-refractivity contribution is 6.29. The molecular weight excluding hydrogens is 264 g/mol. The Labute approximate surface area is 116 Å². The fourth-order valence-electron chi connectivity index (χ4n) is 1.50. The van der Waals surface area contributed by atoms with Gasteiger partial charge in [-0.05, 0) is 24.3 Å². The zero-order valence-electron chi connectivity index (χ0n) is 10.6. The first kappa shape index (κ1) is 13.3. The summed E-state index contributed by atoms with van der Waals surface area (Å²) >= 11 is 5.73. The van der Waals surface area contributed by atoms with Crippen molar-refractivity contribution in [3.8, 4) is 0 Å². The van der Waals surface area contributed by atoms with E-state index in [1.54, 1.807) is 18.2 Å². The van der Waals surface area contributed by atoms with Crippen molar-refractivity contribution in [3.63, 3.8) is 0 Å². The Morgan fingerprint density at radius 2 is 2.11 bits per heavy atom. The van der Waals surface area contributed by atoms with Gasteiger partial charge in [-0.15, -0.1) is 0 Å². The summed E-state index contributed by atoms with van der Waals surface area (Å²) in [4.78, 5) is 21.8. The molecule has 2 rings (SSSR count). The molecule has 0 aliphatic heterocycles. The highest BCUT2D eigenvalue weighted by atomic mass is 35.5. The van der Waals surface area contributed by atoms with Crippen LogP contribution >= 0.6 is 11.6 Å². The Kier molecular flexibility index (Phi) is 3.97. The van der Waals surface area contributed by atoms with Crippen molar-refractivity contribution in [1.82, 2.24) is 9.97 Å². The summed E-state index contributed by atoms with van der Waals surface area (Å²) < 4.78 is 0. The van der Waals surface area contributed by atoms with Crippen molar-refractivity contribution in [2.45, 2.75) is 0 Å². The molecule has 0 unspecified atom stereocenters. The Morgan fingerprint density at radius 1 is 1.32 bits per heavy atom. The number of hydrogen-bond donors (Lipinski definition) is 1. The fraction of sp³-hybridized carbons (Fsp3) is 0.154. The number of carbonyl (C=O) groups excluding carboxylic acids is 1. The van der Waals surface area contributed by atoms with E-state index in [9.17, 15) is 4.79 Å². The highest BCUT2D eigenvalue weighted by Gasteiger charge is 2.09. The lowest BCUT2D eigenvalue weighted by atomic mass is 10.2. The molecule has 0 aliphatic carbocycles. The smallest absolute Gasteiger partial charge is 0.258 e. The van der Waals surface area contributed by atoms with Crippen LogP contribution in [-0.2, 0) is 0 Å². The maximum Gasteiger partial charge on any atom is 0.258 e. The van der Waals surface area contributed by atoms with Crippen molar-refractivity contribution in [2.75, 3.05) is 24.3 Å². The second-order valence-corrected chi connectivity index (χ2v) is 4.49. The van der Waals surface area contributed by atoms with Gasteiger partial charge in [0.2, 0.25) is 5.95 Å². The molecule has 1 heterocycles. The number of benzene rings is 1. The van der Waals surface area contributed by atoms with Crippen LogP contribution in [0.15, 0.2) is 36.5 Å². The number of aromatic nitrogens is 2. The first-order valence-corrected chi connectivity index (χ1v) is 6.01. The number of amides is 1. The second kappa shape index (κ2) is 5.67. The molecule has 0 aliphatic rings. The van der Waals surface area contributed by atoms with E-state index in [-0.39, 0.29) is 17.0 Å². The van der Waals surface area contributed by atoms with E-state index in [1.807, 2.05) is 31.1 Å². The molecule has 1 aromatic heterocycles. The third-order valence-corrected chi connectivity index (χ3v) is 2.68. The molecule has 0 saturated heterocycles. The number of rotatable bonds is 3. The standard InChI is InChI=1S/C13H13ClN4O/c1-18(2)10-5-3-4-9(8-10)12(19)17-13-15-7-6-11(14)16-13/h3-8H,1-2H3,(H,15,16,17,19). The molecule has 0 saturated carbocycles. The minimum absolute atomic E-state index is 0.188. The SMILES string of the molecule is CN(C)c1cccc(C(=O)Nc2nccc(Cl)n2)c1. The normalized spacial score (nSPS) is 10.1. The van der Waals surface area contributed by atoms with Crippen molar-refractivity contribution < 1.29 is 4.79 Å². The Hall–Kier alpha value is -2.14. The number of nitrogens with one attached hydrogen (secondary N) is 1. The second-order valence-electron chi connectivity index (χ2n) is 4.10. The highest BCUT2D eigenvalue weighted by Crippen LogP contribution is 2.14. The number of halogens is 1. The van der Waals surface area contributed by atoms with Crippen molar-refractivity contribution >= 4 is 29.1 Å². The number of carbonyl (C=O) groups is 1. The summed E-state index contributed by atoms with van der Waals surface area (Å²) in [6, 6.07) is 8.81. The maximum absolute atomic E-state index is 12.0. The lowest BCUT2D eigenvalue weighted by Gasteiger charge is -2.13. The average Bonchev–Trinajstić information content (AvgIpc) is 2.39. The third kappa shape index (κ3) is 3.42. The molecule has 0 fully saturated rings. The van der Waals surface area contributed by atoms with E-state index in [1.165, 1.54) is 6.20 Å². The Balaban J connectivity index is 2.18. The van der Waals surface area contributed by atoms with Crippen LogP contribution in [0.3, 0.4) is 0 Å². The van der Waals surface area contributed by atoms with Gasteiger partial charge < -0.3 is 4.90 Å². The molecule has 98 valence electrons. The maximum atomic E-state index is 12.0. The van der Waals surface area contributed by atoms with E-state index in [2.05, 4.69) is 15.3 Å². The average molecular weight is 277 g/mol. The van der Waals surface area contributed by atoms with E-state index in [0.717, 1.165) is 5.69 Å². The summed E-state index contributed by atoms with van der Waals surface area (Å²) in [6.45, 7) is 0. The molecular formula is C13H13ClN4O. The van der Waals surface area contributed by atoms with E-state index in [4.69, 9.17) is 11.6 Å². The molecule has 2 aromatic rings. The van der Waals surface area contributed by atoms with Crippen molar-refractivity contribution in [3.05, 3.63) is 47.2 Å². The molecule has 0 atom stereocenters. The van der Waals surface area contributed by atoms with Gasteiger partial charge >= 0.3 is 0 Å². The van der Waals surface area contributed by atoms with Gasteiger partial charge in [0.25, 0.3) is 5.91 Å². The van der Waals surface area contributed by atoms with E-state index >= 15 is 0 Å². The first-order chi connectivity index (χ1) is 9.06. The topological polar surface area (TPSA) is 58.1 Å². The lowest BCUT2D eigenvalue weighted by Crippen LogP contribution is -2.15. The molecule has 0 bridgehead atoms. The predicted molar refractivity (Wildman–Crippen MR) is 75.8 cm³/mol. The molecule has 0 spiro atoms. The lowest BCUT2D eigenvalue weighted by molar-refractivity contribution is 0.102. The van der Waals surface area contributed by atoms with Crippen LogP contribution in [0.25, 0.3) is 0 Å². The first-order valence-electron chi connectivity index (χ1n) is 5.63. The van der Waals surface area contributed by atoms with Gasteiger partial charge in [0.1, 0.15) is 5.15 Å². The van der Waals surface area contributed by atoms with Gasteiger partial charge in [0.05, 0.1) is 0 Å². The van der Waals surface area contributed by atoms with Crippen molar-refractivity contribution in [1.29, 1.82) is 0 Å². The van der Waals surface area contributed by atoms with E-state index < -0.39 is 0 Å².